The molecule has 1 aromatic carbocycles. The number of ether oxygens (including phenoxy) is 1. The van der Waals surface area contributed by atoms with Crippen LogP contribution in [0.2, 0.25) is 0 Å². The number of carboxylic acids is 1. The topological polar surface area (TPSA) is 103 Å². The van der Waals surface area contributed by atoms with Gasteiger partial charge in [0.1, 0.15) is 6.10 Å². The van der Waals surface area contributed by atoms with Gasteiger partial charge in [0.25, 0.3) is 0 Å². The van der Waals surface area contributed by atoms with Crippen molar-refractivity contribution in [2.45, 2.75) is 50.7 Å². The number of nitriles is 1. The van der Waals surface area contributed by atoms with Gasteiger partial charge < -0.3 is 20.1 Å². The van der Waals surface area contributed by atoms with E-state index in [-0.39, 0.29) is 35.4 Å². The van der Waals surface area contributed by atoms with Crippen LogP contribution in [0.4, 0.5) is 9.18 Å². The standard InChI is InChI=1S/C20H24FN3O4/c21-17-11-13(12-22)1-6-18(17)28-16-7-9-24(10-8-16)20(27)23-15-4-2-14(3-5-15)19(25)26/h1,6,11,14-16H,2-5,7-10H2,(H,23,27)(H,25,26). The van der Waals surface area contributed by atoms with Crippen LogP contribution in [0.5, 0.6) is 5.75 Å². The highest BCUT2D eigenvalue weighted by molar-refractivity contribution is 5.75. The van der Waals surface area contributed by atoms with Gasteiger partial charge in [-0.3, -0.25) is 4.79 Å². The maximum absolute atomic E-state index is 13.9. The quantitative estimate of drug-likeness (QED) is 0.824. The lowest BCUT2D eigenvalue weighted by Crippen LogP contribution is -2.50. The van der Waals surface area contributed by atoms with Gasteiger partial charge in [0.05, 0.1) is 17.6 Å². The number of benzene rings is 1. The Labute approximate surface area is 163 Å². The summed E-state index contributed by atoms with van der Waals surface area (Å²) in [5.41, 5.74) is 0.244. The van der Waals surface area contributed by atoms with Gasteiger partial charge in [-0.2, -0.15) is 5.26 Å². The molecule has 150 valence electrons. The van der Waals surface area contributed by atoms with Crippen molar-refractivity contribution in [3.8, 4) is 11.8 Å². The lowest BCUT2D eigenvalue weighted by Gasteiger charge is -2.34. The van der Waals surface area contributed by atoms with E-state index in [0.29, 0.717) is 51.6 Å². The summed E-state index contributed by atoms with van der Waals surface area (Å²) in [7, 11) is 0. The van der Waals surface area contributed by atoms with Crippen molar-refractivity contribution >= 4 is 12.0 Å². The molecule has 1 aromatic rings. The number of carbonyl (C=O) groups is 2. The third-order valence-corrected chi connectivity index (χ3v) is 5.49. The summed E-state index contributed by atoms with van der Waals surface area (Å²) in [5, 5.41) is 20.8. The number of carbonyl (C=O) groups excluding carboxylic acids is 1. The number of hydrogen-bond donors (Lipinski definition) is 2. The summed E-state index contributed by atoms with van der Waals surface area (Å²) in [6, 6.07) is 5.89. The Morgan fingerprint density at radius 1 is 1.18 bits per heavy atom. The molecule has 0 aromatic heterocycles. The van der Waals surface area contributed by atoms with Crippen molar-refractivity contribution in [1.82, 2.24) is 10.2 Å². The van der Waals surface area contributed by atoms with Crippen molar-refractivity contribution < 1.29 is 23.8 Å². The number of amides is 2. The third kappa shape index (κ3) is 4.91. The fourth-order valence-electron chi connectivity index (χ4n) is 3.77. The molecular weight excluding hydrogens is 365 g/mol. The molecule has 1 aliphatic heterocycles. The van der Waals surface area contributed by atoms with E-state index < -0.39 is 11.8 Å². The minimum absolute atomic E-state index is 0.0184. The van der Waals surface area contributed by atoms with Crippen LogP contribution in [-0.4, -0.2) is 47.2 Å². The van der Waals surface area contributed by atoms with Crippen LogP contribution in [0.3, 0.4) is 0 Å². The van der Waals surface area contributed by atoms with Crippen LogP contribution in [0, 0.1) is 23.1 Å². The number of rotatable bonds is 4. The van der Waals surface area contributed by atoms with Gasteiger partial charge in [0.2, 0.25) is 0 Å². The second kappa shape index (κ2) is 8.91. The molecule has 8 heteroatoms. The molecule has 0 spiro atoms. The van der Waals surface area contributed by atoms with Crippen LogP contribution in [0.1, 0.15) is 44.1 Å². The molecular formula is C20H24FN3O4. The molecule has 1 saturated carbocycles. The van der Waals surface area contributed by atoms with Crippen LogP contribution < -0.4 is 10.1 Å². The first-order valence-electron chi connectivity index (χ1n) is 9.61. The number of carboxylic acid groups (broad SMARTS) is 1. The molecule has 1 aliphatic carbocycles. The molecule has 0 bridgehead atoms. The molecule has 28 heavy (non-hydrogen) atoms. The van der Waals surface area contributed by atoms with E-state index in [2.05, 4.69) is 5.32 Å². The number of likely N-dealkylation sites (tertiary alicyclic amines) is 1. The minimum atomic E-state index is -0.759. The normalized spacial score (nSPS) is 22.9. The van der Waals surface area contributed by atoms with Crippen LogP contribution in [0.15, 0.2) is 18.2 Å². The van der Waals surface area contributed by atoms with Gasteiger partial charge >= 0.3 is 12.0 Å². The number of hydrogen-bond acceptors (Lipinski definition) is 4. The summed E-state index contributed by atoms with van der Waals surface area (Å²) in [5.74, 6) is -1.50. The van der Waals surface area contributed by atoms with Gasteiger partial charge in [-0.1, -0.05) is 0 Å². The average molecular weight is 389 g/mol. The predicted octanol–water partition coefficient (Wildman–Crippen LogP) is 2.89. The smallest absolute Gasteiger partial charge is 0.317 e. The van der Waals surface area contributed by atoms with E-state index in [4.69, 9.17) is 15.1 Å². The SMILES string of the molecule is N#Cc1ccc(OC2CCN(C(=O)NC3CCC(C(=O)O)CC3)CC2)c(F)c1. The van der Waals surface area contributed by atoms with Gasteiger partial charge in [0.15, 0.2) is 11.6 Å². The van der Waals surface area contributed by atoms with E-state index >= 15 is 0 Å². The lowest BCUT2D eigenvalue weighted by molar-refractivity contribution is -0.142. The zero-order valence-corrected chi connectivity index (χ0v) is 15.6. The third-order valence-electron chi connectivity index (χ3n) is 5.49. The van der Waals surface area contributed by atoms with E-state index in [1.807, 2.05) is 6.07 Å². The summed E-state index contributed by atoms with van der Waals surface area (Å²) in [6.07, 6.45) is 3.55. The number of aliphatic carboxylic acids is 1. The molecule has 2 aliphatic rings. The summed E-state index contributed by atoms with van der Waals surface area (Å²) < 4.78 is 19.6. The highest BCUT2D eigenvalue weighted by Gasteiger charge is 2.29. The number of urea groups is 1. The molecule has 0 unspecified atom stereocenters. The van der Waals surface area contributed by atoms with Gasteiger partial charge in [-0.05, 0) is 43.9 Å². The molecule has 7 nitrogen and oxygen atoms in total. The second-order valence-corrected chi connectivity index (χ2v) is 7.40. The number of nitrogens with zero attached hydrogens (tertiary/aromatic N) is 2. The maximum Gasteiger partial charge on any atom is 0.317 e. The summed E-state index contributed by atoms with van der Waals surface area (Å²) in [6.45, 7) is 1.03. The van der Waals surface area contributed by atoms with Crippen molar-refractivity contribution in [1.29, 1.82) is 5.26 Å². The Kier molecular flexibility index (Phi) is 6.34. The Morgan fingerprint density at radius 3 is 2.43 bits per heavy atom. The monoisotopic (exact) mass is 389 g/mol. The first kappa shape index (κ1) is 19.9. The summed E-state index contributed by atoms with van der Waals surface area (Å²) in [4.78, 5) is 25.2. The molecule has 2 amide bonds. The summed E-state index contributed by atoms with van der Waals surface area (Å²) >= 11 is 0. The molecule has 2 fully saturated rings. The zero-order valence-electron chi connectivity index (χ0n) is 15.6. The Bertz CT molecular complexity index is 763. The van der Waals surface area contributed by atoms with Gasteiger partial charge in [0, 0.05) is 32.0 Å². The molecule has 1 heterocycles. The molecule has 3 rings (SSSR count). The van der Waals surface area contributed by atoms with Crippen LogP contribution >= 0.6 is 0 Å². The lowest BCUT2D eigenvalue weighted by atomic mass is 9.86. The number of nitrogens with one attached hydrogen (secondary N) is 1. The van der Waals surface area contributed by atoms with Crippen LogP contribution in [-0.2, 0) is 4.79 Å². The molecule has 0 atom stereocenters. The second-order valence-electron chi connectivity index (χ2n) is 7.40. The predicted molar refractivity (Wildman–Crippen MR) is 98.3 cm³/mol. The fourth-order valence-corrected chi connectivity index (χ4v) is 3.77. The Hall–Kier alpha value is -2.82. The van der Waals surface area contributed by atoms with E-state index in [0.717, 1.165) is 6.07 Å². The van der Waals surface area contributed by atoms with E-state index in [9.17, 15) is 14.0 Å². The Morgan fingerprint density at radius 2 is 1.86 bits per heavy atom. The molecule has 2 N–H and O–H groups in total. The van der Waals surface area contributed by atoms with Crippen molar-refractivity contribution in [3.05, 3.63) is 29.6 Å². The number of halogens is 1. The van der Waals surface area contributed by atoms with Crippen LogP contribution in [0.25, 0.3) is 0 Å². The highest BCUT2D eigenvalue weighted by Crippen LogP contribution is 2.25. The van der Waals surface area contributed by atoms with Crippen molar-refractivity contribution in [2.24, 2.45) is 5.92 Å². The van der Waals surface area contributed by atoms with Crippen molar-refractivity contribution in [3.63, 3.8) is 0 Å². The zero-order chi connectivity index (χ0) is 20.1. The number of piperidine rings is 1. The minimum Gasteiger partial charge on any atom is -0.487 e. The molecule has 0 radical (unpaired) electrons. The highest BCUT2D eigenvalue weighted by atomic mass is 19.1. The average Bonchev–Trinajstić information content (AvgIpc) is 2.70. The fraction of sp³-hybridized carbons (Fsp3) is 0.550. The van der Waals surface area contributed by atoms with Gasteiger partial charge in [-0.25, -0.2) is 9.18 Å². The largest absolute Gasteiger partial charge is 0.487 e. The van der Waals surface area contributed by atoms with E-state index in [1.165, 1.54) is 12.1 Å². The van der Waals surface area contributed by atoms with Crippen molar-refractivity contribution in [2.75, 3.05) is 13.1 Å². The van der Waals surface area contributed by atoms with Gasteiger partial charge in [-0.15, -0.1) is 0 Å². The maximum atomic E-state index is 13.9. The van der Waals surface area contributed by atoms with E-state index in [1.54, 1.807) is 4.90 Å². The Balaban J connectivity index is 1.43. The molecule has 1 saturated heterocycles. The first-order chi connectivity index (χ1) is 13.5. The first-order valence-corrected chi connectivity index (χ1v) is 9.61.